The first-order valence-corrected chi connectivity index (χ1v) is 5.86. The monoisotopic (exact) mass is 180 g/mol. The van der Waals surface area contributed by atoms with Gasteiger partial charge in [0.1, 0.15) is 0 Å². The summed E-state index contributed by atoms with van der Waals surface area (Å²) >= 11 is 0. The fourth-order valence-electron chi connectivity index (χ4n) is 4.37. The Morgan fingerprint density at radius 1 is 1.15 bits per heavy atom. The Balaban J connectivity index is 1.92. The predicted octanol–water partition coefficient (Wildman–Crippen LogP) is 2.73. The van der Waals surface area contributed by atoms with E-state index < -0.39 is 0 Å². The Kier molecular flexibility index (Phi) is 1.47. The van der Waals surface area contributed by atoms with Crippen molar-refractivity contribution >= 4 is 0 Å². The zero-order chi connectivity index (χ0) is 9.10. The van der Waals surface area contributed by atoms with E-state index in [0.717, 1.165) is 6.42 Å². The van der Waals surface area contributed by atoms with Crippen molar-refractivity contribution in [2.24, 2.45) is 16.7 Å². The van der Waals surface area contributed by atoms with Crippen LogP contribution in [-0.2, 0) is 0 Å². The van der Waals surface area contributed by atoms with E-state index in [2.05, 4.69) is 6.92 Å². The molecule has 1 N–H and O–H groups in total. The van der Waals surface area contributed by atoms with E-state index in [9.17, 15) is 5.11 Å². The van der Waals surface area contributed by atoms with E-state index in [1.807, 2.05) is 0 Å². The summed E-state index contributed by atoms with van der Waals surface area (Å²) in [4.78, 5) is 0. The average molecular weight is 180 g/mol. The fourth-order valence-corrected chi connectivity index (χ4v) is 4.37. The number of hydrogen-bond acceptors (Lipinski definition) is 1. The molecule has 1 spiro atoms. The Hall–Kier alpha value is -0.0400. The summed E-state index contributed by atoms with van der Waals surface area (Å²) in [5, 5.41) is 9.87. The summed E-state index contributed by atoms with van der Waals surface area (Å²) in [6, 6.07) is 0. The number of aliphatic hydroxyl groups is 1. The molecule has 0 aromatic rings. The third-order valence-electron chi connectivity index (χ3n) is 5.39. The second-order valence-electron chi connectivity index (χ2n) is 5.84. The Bertz CT molecular complexity index is 237. The summed E-state index contributed by atoms with van der Waals surface area (Å²) in [5.41, 5.74) is 1.21. The lowest BCUT2D eigenvalue weighted by atomic mass is 9.58. The maximum atomic E-state index is 9.87. The Morgan fingerprint density at radius 2 is 1.92 bits per heavy atom. The molecule has 0 heterocycles. The van der Waals surface area contributed by atoms with E-state index in [4.69, 9.17) is 0 Å². The molecule has 3 aliphatic rings. The zero-order valence-electron chi connectivity index (χ0n) is 8.55. The molecule has 4 atom stereocenters. The molecular formula is C12H20O. The summed E-state index contributed by atoms with van der Waals surface area (Å²) in [6.45, 7) is 2.48. The summed E-state index contributed by atoms with van der Waals surface area (Å²) < 4.78 is 0. The predicted molar refractivity (Wildman–Crippen MR) is 52.4 cm³/mol. The molecule has 0 amide bonds. The quantitative estimate of drug-likeness (QED) is 0.607. The molecule has 13 heavy (non-hydrogen) atoms. The van der Waals surface area contributed by atoms with Gasteiger partial charge in [-0.2, -0.15) is 0 Å². The first-order chi connectivity index (χ1) is 6.18. The van der Waals surface area contributed by atoms with Crippen LogP contribution in [0.15, 0.2) is 0 Å². The van der Waals surface area contributed by atoms with Crippen molar-refractivity contribution in [2.75, 3.05) is 0 Å². The Labute approximate surface area is 80.5 Å². The molecule has 74 valence electrons. The van der Waals surface area contributed by atoms with Crippen LogP contribution in [-0.4, -0.2) is 11.2 Å². The van der Waals surface area contributed by atoms with Gasteiger partial charge in [-0.05, 0) is 48.9 Å². The van der Waals surface area contributed by atoms with E-state index in [1.165, 1.54) is 38.5 Å². The van der Waals surface area contributed by atoms with Gasteiger partial charge in [0.25, 0.3) is 0 Å². The van der Waals surface area contributed by atoms with Crippen LogP contribution < -0.4 is 0 Å². The average Bonchev–Trinajstić information content (AvgIpc) is 2.84. The molecule has 3 saturated carbocycles. The molecule has 0 aromatic carbocycles. The van der Waals surface area contributed by atoms with Gasteiger partial charge in [0, 0.05) is 0 Å². The van der Waals surface area contributed by atoms with Crippen LogP contribution >= 0.6 is 0 Å². The number of rotatable bonds is 0. The fraction of sp³-hybridized carbons (Fsp3) is 1.00. The summed E-state index contributed by atoms with van der Waals surface area (Å²) in [6.07, 6.45) is 9.42. The van der Waals surface area contributed by atoms with E-state index in [1.54, 1.807) is 0 Å². The number of aliphatic hydroxyl groups excluding tert-OH is 1. The van der Waals surface area contributed by atoms with Gasteiger partial charge in [0.05, 0.1) is 6.10 Å². The third kappa shape index (κ3) is 0.869. The van der Waals surface area contributed by atoms with Gasteiger partial charge in [0.15, 0.2) is 0 Å². The molecule has 0 unspecified atom stereocenters. The summed E-state index contributed by atoms with van der Waals surface area (Å²) in [5.74, 6) is 0.687. The van der Waals surface area contributed by atoms with Crippen LogP contribution in [0.5, 0.6) is 0 Å². The van der Waals surface area contributed by atoms with Gasteiger partial charge in [-0.15, -0.1) is 0 Å². The number of hydrogen-bond donors (Lipinski definition) is 1. The minimum absolute atomic E-state index is 0.0474. The van der Waals surface area contributed by atoms with Crippen LogP contribution in [0.2, 0.25) is 0 Å². The van der Waals surface area contributed by atoms with Crippen molar-refractivity contribution < 1.29 is 5.11 Å². The smallest absolute Gasteiger partial charge is 0.0574 e. The van der Waals surface area contributed by atoms with Crippen molar-refractivity contribution in [3.05, 3.63) is 0 Å². The van der Waals surface area contributed by atoms with Gasteiger partial charge in [-0.25, -0.2) is 0 Å². The lowest BCUT2D eigenvalue weighted by molar-refractivity contribution is -0.0175. The highest BCUT2D eigenvalue weighted by atomic mass is 16.3. The second-order valence-corrected chi connectivity index (χ2v) is 5.84. The zero-order valence-corrected chi connectivity index (χ0v) is 8.55. The van der Waals surface area contributed by atoms with Crippen molar-refractivity contribution in [2.45, 2.75) is 58.0 Å². The largest absolute Gasteiger partial charge is 0.393 e. The maximum absolute atomic E-state index is 9.87. The van der Waals surface area contributed by atoms with Crippen LogP contribution in [0.3, 0.4) is 0 Å². The van der Waals surface area contributed by atoms with Gasteiger partial charge in [0.2, 0.25) is 0 Å². The molecule has 1 heteroatoms. The molecule has 1 nitrogen and oxygen atoms in total. The lowest BCUT2D eigenvalue weighted by Gasteiger charge is -2.47. The molecule has 3 fully saturated rings. The molecule has 0 aromatic heterocycles. The topological polar surface area (TPSA) is 20.2 Å². The van der Waals surface area contributed by atoms with Gasteiger partial charge in [-0.3, -0.25) is 0 Å². The normalized spacial score (nSPS) is 59.5. The van der Waals surface area contributed by atoms with Crippen LogP contribution in [0.4, 0.5) is 0 Å². The Morgan fingerprint density at radius 3 is 2.77 bits per heavy atom. The molecule has 3 rings (SSSR count). The maximum Gasteiger partial charge on any atom is 0.0574 e. The molecule has 0 aliphatic heterocycles. The van der Waals surface area contributed by atoms with E-state index in [-0.39, 0.29) is 6.10 Å². The first-order valence-electron chi connectivity index (χ1n) is 5.86. The van der Waals surface area contributed by atoms with Crippen LogP contribution in [0, 0.1) is 16.7 Å². The summed E-state index contributed by atoms with van der Waals surface area (Å²) in [7, 11) is 0. The minimum atomic E-state index is 0.0474. The molecular weight excluding hydrogens is 160 g/mol. The highest BCUT2D eigenvalue weighted by molar-refractivity contribution is 5.17. The van der Waals surface area contributed by atoms with Crippen molar-refractivity contribution in [1.82, 2.24) is 0 Å². The molecule has 0 saturated heterocycles. The molecule has 0 bridgehead atoms. The highest BCUT2D eigenvalue weighted by Crippen LogP contribution is 2.74. The van der Waals surface area contributed by atoms with Gasteiger partial charge < -0.3 is 5.11 Å². The second kappa shape index (κ2) is 2.31. The lowest BCUT2D eigenvalue weighted by Crippen LogP contribution is -2.40. The standard InChI is InChI=1S/C12H20O/c1-11-5-2-3-6-12(11)8-9(12)10(13)4-7-11/h9-10,13H,2-8H2,1H3/t9-,10-,11+,12-/m1/s1. The highest BCUT2D eigenvalue weighted by Gasteiger charge is 2.68. The van der Waals surface area contributed by atoms with Crippen molar-refractivity contribution in [3.63, 3.8) is 0 Å². The van der Waals surface area contributed by atoms with Gasteiger partial charge in [-0.1, -0.05) is 19.8 Å². The molecule has 3 aliphatic carbocycles. The third-order valence-corrected chi connectivity index (χ3v) is 5.39. The van der Waals surface area contributed by atoms with Crippen molar-refractivity contribution in [1.29, 1.82) is 0 Å². The van der Waals surface area contributed by atoms with Crippen LogP contribution in [0.1, 0.15) is 51.9 Å². The van der Waals surface area contributed by atoms with E-state index in [0.29, 0.717) is 16.7 Å². The van der Waals surface area contributed by atoms with Crippen LogP contribution in [0.25, 0.3) is 0 Å². The van der Waals surface area contributed by atoms with Gasteiger partial charge >= 0.3 is 0 Å². The van der Waals surface area contributed by atoms with Crippen molar-refractivity contribution in [3.8, 4) is 0 Å². The SMILES string of the molecule is C[C@@]12CCCC[C@]13C[C@@H]3[C@H](O)CC2. The molecule has 0 radical (unpaired) electrons. The first kappa shape index (κ1) is 8.28. The minimum Gasteiger partial charge on any atom is -0.393 e. The van der Waals surface area contributed by atoms with E-state index >= 15 is 0 Å².